The Kier molecular flexibility index (Phi) is 5.17. The third kappa shape index (κ3) is 4.46. The smallest absolute Gasteiger partial charge is 0.255 e. The summed E-state index contributed by atoms with van der Waals surface area (Å²) in [6.45, 7) is 4.73. The molecule has 21 heavy (non-hydrogen) atoms. The molecule has 4 nitrogen and oxygen atoms in total. The van der Waals surface area contributed by atoms with Crippen LogP contribution in [0, 0.1) is 5.92 Å². The molecule has 1 aromatic heterocycles. The molecule has 110 valence electrons. The fourth-order valence-electron chi connectivity index (χ4n) is 1.69. The number of pyridine rings is 1. The molecule has 0 saturated heterocycles. The fraction of sp³-hybridized carbons (Fsp3) is 0.250. The maximum Gasteiger partial charge on any atom is 0.255 e. The standard InChI is InChI=1S/C16H17ClN2O2/c1-11(2)10-21-14-6-4-3-5-13(14)19-16(20)12-7-8-18-15(17)9-12/h3-9,11H,10H2,1-2H3,(H,19,20). The van der Waals surface area contributed by atoms with Crippen molar-refractivity contribution in [1.29, 1.82) is 0 Å². The molecular weight excluding hydrogens is 288 g/mol. The average Bonchev–Trinajstić information content (AvgIpc) is 2.46. The predicted molar refractivity (Wildman–Crippen MR) is 84.0 cm³/mol. The number of carbonyl (C=O) groups is 1. The molecule has 0 bridgehead atoms. The summed E-state index contributed by atoms with van der Waals surface area (Å²) in [6.07, 6.45) is 1.50. The number of aromatic nitrogens is 1. The van der Waals surface area contributed by atoms with Crippen LogP contribution in [-0.4, -0.2) is 17.5 Å². The van der Waals surface area contributed by atoms with Crippen molar-refractivity contribution < 1.29 is 9.53 Å². The fourth-order valence-corrected chi connectivity index (χ4v) is 1.86. The van der Waals surface area contributed by atoms with E-state index in [9.17, 15) is 4.79 Å². The minimum Gasteiger partial charge on any atom is -0.491 e. The van der Waals surface area contributed by atoms with E-state index in [4.69, 9.17) is 16.3 Å². The SMILES string of the molecule is CC(C)COc1ccccc1NC(=O)c1ccnc(Cl)c1. The van der Waals surface area contributed by atoms with Gasteiger partial charge >= 0.3 is 0 Å². The second-order valence-electron chi connectivity index (χ2n) is 5.02. The summed E-state index contributed by atoms with van der Waals surface area (Å²) in [5, 5.41) is 3.11. The van der Waals surface area contributed by atoms with Crippen LogP contribution < -0.4 is 10.1 Å². The average molecular weight is 305 g/mol. The van der Waals surface area contributed by atoms with Crippen LogP contribution in [0.1, 0.15) is 24.2 Å². The minimum atomic E-state index is -0.250. The van der Waals surface area contributed by atoms with E-state index >= 15 is 0 Å². The van der Waals surface area contributed by atoms with E-state index in [0.29, 0.717) is 29.5 Å². The number of hydrogen-bond acceptors (Lipinski definition) is 3. The monoisotopic (exact) mass is 304 g/mol. The Morgan fingerprint density at radius 2 is 2.10 bits per heavy atom. The largest absolute Gasteiger partial charge is 0.491 e. The molecule has 1 amide bonds. The lowest BCUT2D eigenvalue weighted by molar-refractivity contribution is 0.102. The minimum absolute atomic E-state index is 0.250. The summed E-state index contributed by atoms with van der Waals surface area (Å²) >= 11 is 5.79. The summed E-state index contributed by atoms with van der Waals surface area (Å²) in [5.41, 5.74) is 1.09. The number of carbonyl (C=O) groups excluding carboxylic acids is 1. The van der Waals surface area contributed by atoms with E-state index in [0.717, 1.165) is 0 Å². The highest BCUT2D eigenvalue weighted by Crippen LogP contribution is 2.25. The molecule has 0 aliphatic carbocycles. The summed E-state index contributed by atoms with van der Waals surface area (Å²) in [6, 6.07) is 10.5. The van der Waals surface area contributed by atoms with Gasteiger partial charge in [0.05, 0.1) is 12.3 Å². The molecule has 0 fully saturated rings. The van der Waals surface area contributed by atoms with Gasteiger partial charge in [0.25, 0.3) is 5.91 Å². The molecule has 1 aromatic carbocycles. The zero-order chi connectivity index (χ0) is 15.2. The van der Waals surface area contributed by atoms with E-state index in [2.05, 4.69) is 24.1 Å². The lowest BCUT2D eigenvalue weighted by Crippen LogP contribution is -2.14. The van der Waals surface area contributed by atoms with Crippen LogP contribution in [0.4, 0.5) is 5.69 Å². The Morgan fingerprint density at radius 1 is 1.33 bits per heavy atom. The first-order valence-corrected chi connectivity index (χ1v) is 7.09. The van der Waals surface area contributed by atoms with Crippen molar-refractivity contribution in [3.8, 4) is 5.75 Å². The number of ether oxygens (including phenoxy) is 1. The highest BCUT2D eigenvalue weighted by atomic mass is 35.5. The van der Waals surface area contributed by atoms with Crippen molar-refractivity contribution in [1.82, 2.24) is 4.98 Å². The molecule has 0 aliphatic rings. The first-order chi connectivity index (χ1) is 10.1. The second-order valence-corrected chi connectivity index (χ2v) is 5.41. The van der Waals surface area contributed by atoms with Gasteiger partial charge in [0.15, 0.2) is 0 Å². The first kappa shape index (κ1) is 15.3. The Labute approximate surface area is 129 Å². The van der Waals surface area contributed by atoms with Gasteiger partial charge in [-0.1, -0.05) is 37.6 Å². The van der Waals surface area contributed by atoms with Crippen LogP contribution >= 0.6 is 11.6 Å². The van der Waals surface area contributed by atoms with Crippen molar-refractivity contribution in [3.63, 3.8) is 0 Å². The predicted octanol–water partition coefficient (Wildman–Crippen LogP) is 4.02. The molecule has 2 aromatic rings. The zero-order valence-corrected chi connectivity index (χ0v) is 12.7. The number of hydrogen-bond donors (Lipinski definition) is 1. The summed E-state index contributed by atoms with van der Waals surface area (Å²) < 4.78 is 5.71. The first-order valence-electron chi connectivity index (χ1n) is 6.71. The van der Waals surface area contributed by atoms with Crippen LogP contribution in [0.15, 0.2) is 42.6 Å². The number of amides is 1. The van der Waals surface area contributed by atoms with Gasteiger partial charge in [0.1, 0.15) is 10.9 Å². The molecule has 0 saturated carbocycles. The molecule has 1 N–H and O–H groups in total. The van der Waals surface area contributed by atoms with Gasteiger partial charge in [-0.15, -0.1) is 0 Å². The van der Waals surface area contributed by atoms with Crippen LogP contribution in [0.5, 0.6) is 5.75 Å². The maximum absolute atomic E-state index is 12.2. The number of nitrogens with one attached hydrogen (secondary N) is 1. The zero-order valence-electron chi connectivity index (χ0n) is 12.0. The van der Waals surface area contributed by atoms with Gasteiger partial charge in [0.2, 0.25) is 0 Å². The van der Waals surface area contributed by atoms with Crippen molar-refractivity contribution in [3.05, 3.63) is 53.3 Å². The molecule has 0 aliphatic heterocycles. The quantitative estimate of drug-likeness (QED) is 0.849. The number of anilines is 1. The van der Waals surface area contributed by atoms with E-state index in [-0.39, 0.29) is 11.1 Å². The van der Waals surface area contributed by atoms with Gasteiger partial charge in [-0.05, 0) is 30.2 Å². The van der Waals surface area contributed by atoms with Crippen LogP contribution in [-0.2, 0) is 0 Å². The summed E-state index contributed by atoms with van der Waals surface area (Å²) in [4.78, 5) is 16.1. The Hall–Kier alpha value is -2.07. The summed E-state index contributed by atoms with van der Waals surface area (Å²) in [7, 11) is 0. The van der Waals surface area contributed by atoms with Gasteiger partial charge in [0, 0.05) is 11.8 Å². The van der Waals surface area contributed by atoms with Crippen LogP contribution in [0.3, 0.4) is 0 Å². The van der Waals surface area contributed by atoms with Gasteiger partial charge in [-0.2, -0.15) is 0 Å². The van der Waals surface area contributed by atoms with E-state index in [1.165, 1.54) is 12.3 Å². The molecule has 0 radical (unpaired) electrons. The third-order valence-corrected chi connectivity index (χ3v) is 2.90. The van der Waals surface area contributed by atoms with Gasteiger partial charge < -0.3 is 10.1 Å². The van der Waals surface area contributed by atoms with Gasteiger partial charge in [-0.3, -0.25) is 4.79 Å². The van der Waals surface area contributed by atoms with Gasteiger partial charge in [-0.25, -0.2) is 4.98 Å². The van der Waals surface area contributed by atoms with E-state index < -0.39 is 0 Å². The molecule has 0 spiro atoms. The molecule has 1 heterocycles. The van der Waals surface area contributed by atoms with Crippen molar-refractivity contribution in [2.24, 2.45) is 5.92 Å². The lowest BCUT2D eigenvalue weighted by Gasteiger charge is -2.13. The lowest BCUT2D eigenvalue weighted by atomic mass is 10.2. The Bertz CT molecular complexity index is 629. The number of para-hydroxylation sites is 2. The van der Waals surface area contributed by atoms with Crippen molar-refractivity contribution >= 4 is 23.2 Å². The number of nitrogens with zero attached hydrogens (tertiary/aromatic N) is 1. The Balaban J connectivity index is 2.13. The van der Waals surface area contributed by atoms with Crippen LogP contribution in [0.25, 0.3) is 0 Å². The second kappa shape index (κ2) is 7.09. The number of halogens is 1. The molecule has 0 atom stereocenters. The van der Waals surface area contributed by atoms with Crippen LogP contribution in [0.2, 0.25) is 5.15 Å². The molecule has 2 rings (SSSR count). The normalized spacial score (nSPS) is 10.5. The Morgan fingerprint density at radius 3 is 2.81 bits per heavy atom. The third-order valence-electron chi connectivity index (χ3n) is 2.70. The number of benzene rings is 1. The molecular formula is C16H17ClN2O2. The molecule has 0 unspecified atom stereocenters. The maximum atomic E-state index is 12.2. The van der Waals surface area contributed by atoms with E-state index in [1.54, 1.807) is 12.1 Å². The highest BCUT2D eigenvalue weighted by Gasteiger charge is 2.10. The van der Waals surface area contributed by atoms with Crippen molar-refractivity contribution in [2.45, 2.75) is 13.8 Å². The number of rotatable bonds is 5. The highest BCUT2D eigenvalue weighted by molar-refractivity contribution is 6.29. The summed E-state index contributed by atoms with van der Waals surface area (Å²) in [5.74, 6) is 0.812. The molecule has 5 heteroatoms. The van der Waals surface area contributed by atoms with E-state index in [1.807, 2.05) is 18.2 Å². The topological polar surface area (TPSA) is 51.2 Å². The van der Waals surface area contributed by atoms with Crippen molar-refractivity contribution in [2.75, 3.05) is 11.9 Å².